The zero-order chi connectivity index (χ0) is 22.7. The van der Waals surface area contributed by atoms with Gasteiger partial charge in [0.25, 0.3) is 0 Å². The number of benzene rings is 2. The summed E-state index contributed by atoms with van der Waals surface area (Å²) in [6, 6.07) is 17.5. The van der Waals surface area contributed by atoms with Crippen molar-refractivity contribution in [2.45, 2.75) is 50.2 Å². The van der Waals surface area contributed by atoms with E-state index in [1.165, 1.54) is 0 Å². The van der Waals surface area contributed by atoms with Crippen LogP contribution in [0.1, 0.15) is 34.6 Å². The Labute approximate surface area is 195 Å². The highest BCUT2D eigenvalue weighted by molar-refractivity contribution is 9.09. The summed E-state index contributed by atoms with van der Waals surface area (Å²) in [5.74, 6) is -1.84. The van der Waals surface area contributed by atoms with Crippen LogP contribution in [0.2, 0.25) is 0 Å². The molecular formula is C24H25BrO7. The lowest BCUT2D eigenvalue weighted by Gasteiger charge is -2.40. The summed E-state index contributed by atoms with van der Waals surface area (Å²) in [6.07, 6.45) is -2.91. The minimum absolute atomic E-state index is 0.0136. The van der Waals surface area contributed by atoms with Crippen molar-refractivity contribution in [2.75, 3.05) is 11.9 Å². The number of rotatable bonds is 6. The van der Waals surface area contributed by atoms with Gasteiger partial charge in [-0.25, -0.2) is 9.59 Å². The first-order chi connectivity index (χ1) is 15.4. The molecule has 0 N–H and O–H groups in total. The zero-order valence-electron chi connectivity index (χ0n) is 17.8. The third kappa shape index (κ3) is 4.88. The van der Waals surface area contributed by atoms with E-state index in [-0.39, 0.29) is 6.61 Å². The van der Waals surface area contributed by atoms with E-state index in [0.717, 1.165) is 0 Å². The molecule has 32 heavy (non-hydrogen) atoms. The molecule has 2 aromatic carbocycles. The first-order valence-corrected chi connectivity index (χ1v) is 11.6. The molecule has 2 saturated heterocycles. The molecule has 4 rings (SSSR count). The van der Waals surface area contributed by atoms with Crippen molar-refractivity contribution in [1.29, 1.82) is 0 Å². The maximum atomic E-state index is 12.7. The number of halogens is 1. The smallest absolute Gasteiger partial charge is 0.338 e. The van der Waals surface area contributed by atoms with E-state index < -0.39 is 48.2 Å². The minimum atomic E-state index is -0.929. The SMILES string of the molecule is C[C@@H]1OC(COC(=O)c2ccccc2)[C@@H]2OC(C)(CBr)OC2C1OC(=O)c1ccccc1. The predicted molar refractivity (Wildman–Crippen MR) is 119 cm³/mol. The molecule has 2 aromatic rings. The highest BCUT2D eigenvalue weighted by atomic mass is 79.9. The fourth-order valence-corrected chi connectivity index (χ4v) is 4.18. The maximum Gasteiger partial charge on any atom is 0.338 e. The molecule has 7 nitrogen and oxygen atoms in total. The number of carbonyl (C=O) groups excluding carboxylic acids is 2. The molecule has 2 heterocycles. The van der Waals surface area contributed by atoms with Crippen molar-refractivity contribution in [1.82, 2.24) is 0 Å². The van der Waals surface area contributed by atoms with Crippen LogP contribution in [0.4, 0.5) is 0 Å². The standard InChI is InChI=1S/C24H25BrO7/c1-15-19(30-23(27)17-11-7-4-8-12-17)21-20(31-24(2,14-25)32-21)18(29-15)13-28-22(26)16-9-5-3-6-10-16/h3-12,15,18-21H,13-14H2,1-2H3/t15-,18?,19?,20-,21?,24?/m0/s1. The van der Waals surface area contributed by atoms with Crippen LogP contribution in [0.3, 0.4) is 0 Å². The molecule has 0 saturated carbocycles. The topological polar surface area (TPSA) is 80.3 Å². The zero-order valence-corrected chi connectivity index (χ0v) is 19.4. The summed E-state index contributed by atoms with van der Waals surface area (Å²) in [7, 11) is 0. The van der Waals surface area contributed by atoms with Gasteiger partial charge < -0.3 is 23.7 Å². The maximum absolute atomic E-state index is 12.7. The van der Waals surface area contributed by atoms with Crippen LogP contribution in [0, 0.1) is 0 Å². The molecular weight excluding hydrogens is 480 g/mol. The van der Waals surface area contributed by atoms with Crippen molar-refractivity contribution in [3.8, 4) is 0 Å². The quantitative estimate of drug-likeness (QED) is 0.437. The molecule has 8 heteroatoms. The summed E-state index contributed by atoms with van der Waals surface area (Å²) in [5, 5.41) is 0.414. The van der Waals surface area contributed by atoms with Crippen molar-refractivity contribution < 1.29 is 33.3 Å². The molecule has 6 atom stereocenters. The van der Waals surface area contributed by atoms with Crippen LogP contribution >= 0.6 is 15.9 Å². The summed E-state index contributed by atoms with van der Waals surface area (Å²) in [5.41, 5.74) is 0.897. The number of hydrogen-bond donors (Lipinski definition) is 0. The van der Waals surface area contributed by atoms with Crippen molar-refractivity contribution in [3.63, 3.8) is 0 Å². The molecule has 0 bridgehead atoms. The molecule has 0 spiro atoms. The number of ether oxygens (including phenoxy) is 5. The van der Waals surface area contributed by atoms with E-state index >= 15 is 0 Å². The number of fused-ring (bicyclic) bond motifs is 1. The van der Waals surface area contributed by atoms with Gasteiger partial charge in [-0.05, 0) is 38.1 Å². The first kappa shape index (κ1) is 22.9. The Bertz CT molecular complexity index is 938. The van der Waals surface area contributed by atoms with E-state index in [4.69, 9.17) is 23.7 Å². The van der Waals surface area contributed by atoms with Crippen molar-refractivity contribution in [3.05, 3.63) is 71.8 Å². The molecule has 0 aliphatic carbocycles. The van der Waals surface area contributed by atoms with Crippen LogP contribution in [0.15, 0.2) is 60.7 Å². The Balaban J connectivity index is 1.48. The molecule has 2 fully saturated rings. The number of hydrogen-bond acceptors (Lipinski definition) is 7. The van der Waals surface area contributed by atoms with Gasteiger partial charge in [0, 0.05) is 0 Å². The Morgan fingerprint density at radius 3 is 2.09 bits per heavy atom. The second-order valence-corrected chi connectivity index (χ2v) is 8.57. The van der Waals surface area contributed by atoms with Gasteiger partial charge in [0.1, 0.15) is 24.9 Å². The first-order valence-electron chi connectivity index (χ1n) is 10.5. The predicted octanol–water partition coefficient (Wildman–Crippen LogP) is 3.75. The molecule has 0 amide bonds. The van der Waals surface area contributed by atoms with E-state index in [1.807, 2.05) is 12.1 Å². The Morgan fingerprint density at radius 1 is 0.938 bits per heavy atom. The monoisotopic (exact) mass is 504 g/mol. The van der Waals surface area contributed by atoms with Gasteiger partial charge in [-0.1, -0.05) is 52.3 Å². The second-order valence-electron chi connectivity index (χ2n) is 8.01. The van der Waals surface area contributed by atoms with Gasteiger partial charge in [-0.15, -0.1) is 0 Å². The minimum Gasteiger partial charge on any atom is -0.459 e. The summed E-state index contributed by atoms with van der Waals surface area (Å²) >= 11 is 3.42. The van der Waals surface area contributed by atoms with Crippen LogP contribution in [-0.4, -0.2) is 60.2 Å². The Morgan fingerprint density at radius 2 is 1.50 bits per heavy atom. The number of alkyl halides is 1. The molecule has 0 aromatic heterocycles. The molecule has 2 aliphatic rings. The van der Waals surface area contributed by atoms with Crippen LogP contribution in [-0.2, 0) is 23.7 Å². The largest absolute Gasteiger partial charge is 0.459 e. The van der Waals surface area contributed by atoms with Crippen LogP contribution < -0.4 is 0 Å². The fraction of sp³-hybridized carbons (Fsp3) is 0.417. The third-order valence-electron chi connectivity index (χ3n) is 5.52. The Hall–Kier alpha value is -2.26. The van der Waals surface area contributed by atoms with E-state index in [9.17, 15) is 9.59 Å². The van der Waals surface area contributed by atoms with Gasteiger partial charge in [0.2, 0.25) is 0 Å². The van der Waals surface area contributed by atoms with Gasteiger partial charge in [-0.2, -0.15) is 0 Å². The van der Waals surface area contributed by atoms with Gasteiger partial charge in [-0.3, -0.25) is 0 Å². The van der Waals surface area contributed by atoms with Crippen molar-refractivity contribution >= 4 is 27.9 Å². The summed E-state index contributed by atoms with van der Waals surface area (Å²) in [4.78, 5) is 25.1. The van der Waals surface area contributed by atoms with E-state index in [2.05, 4.69) is 15.9 Å². The number of esters is 2. The lowest BCUT2D eigenvalue weighted by atomic mass is 9.95. The van der Waals surface area contributed by atoms with Gasteiger partial charge >= 0.3 is 11.9 Å². The highest BCUT2D eigenvalue weighted by Crippen LogP contribution is 2.40. The summed E-state index contributed by atoms with van der Waals surface area (Å²) in [6.45, 7) is 3.59. The van der Waals surface area contributed by atoms with Gasteiger partial charge in [0.05, 0.1) is 22.6 Å². The molecule has 2 aliphatic heterocycles. The van der Waals surface area contributed by atoms with E-state index in [1.54, 1.807) is 62.4 Å². The lowest BCUT2D eigenvalue weighted by Crippen LogP contribution is -2.58. The molecule has 170 valence electrons. The Kier molecular flexibility index (Phi) is 6.95. The average Bonchev–Trinajstić information content (AvgIpc) is 3.19. The van der Waals surface area contributed by atoms with Crippen molar-refractivity contribution in [2.24, 2.45) is 0 Å². The molecule has 4 unspecified atom stereocenters. The van der Waals surface area contributed by atoms with E-state index in [0.29, 0.717) is 16.5 Å². The van der Waals surface area contributed by atoms with Crippen LogP contribution in [0.25, 0.3) is 0 Å². The summed E-state index contributed by atoms with van der Waals surface area (Å²) < 4.78 is 29.7. The second kappa shape index (κ2) is 9.70. The normalized spacial score (nSPS) is 31.5. The van der Waals surface area contributed by atoms with Crippen LogP contribution in [0.5, 0.6) is 0 Å². The average molecular weight is 505 g/mol. The number of carbonyl (C=O) groups is 2. The fourth-order valence-electron chi connectivity index (χ4n) is 3.92. The lowest BCUT2D eigenvalue weighted by molar-refractivity contribution is -0.191. The van der Waals surface area contributed by atoms with Gasteiger partial charge in [0.15, 0.2) is 11.9 Å². The third-order valence-corrected chi connectivity index (χ3v) is 6.54. The molecule has 0 radical (unpaired) electrons. The highest BCUT2D eigenvalue weighted by Gasteiger charge is 2.57.